The lowest BCUT2D eigenvalue weighted by atomic mass is 9.99. The Morgan fingerprint density at radius 3 is 2.75 bits per heavy atom. The molecule has 0 aromatic carbocycles. The van der Waals surface area contributed by atoms with Crippen molar-refractivity contribution in [2.45, 2.75) is 51.0 Å². The molecule has 2 aliphatic carbocycles. The van der Waals surface area contributed by atoms with Crippen molar-refractivity contribution in [1.29, 1.82) is 0 Å². The van der Waals surface area contributed by atoms with Crippen LogP contribution in [-0.2, 0) is 4.79 Å². The van der Waals surface area contributed by atoms with Crippen molar-refractivity contribution >= 4 is 5.91 Å². The number of hydrogen-bond donors (Lipinski definition) is 2. The van der Waals surface area contributed by atoms with Gasteiger partial charge >= 0.3 is 0 Å². The molecule has 0 spiro atoms. The van der Waals surface area contributed by atoms with Gasteiger partial charge < -0.3 is 10.6 Å². The summed E-state index contributed by atoms with van der Waals surface area (Å²) in [5.74, 6) is 1.21. The molecule has 90 valence electrons. The molecule has 0 radical (unpaired) electrons. The van der Waals surface area contributed by atoms with Gasteiger partial charge in [0.05, 0.1) is 6.04 Å². The van der Waals surface area contributed by atoms with Crippen LogP contribution in [0.3, 0.4) is 0 Å². The third kappa shape index (κ3) is 2.10. The van der Waals surface area contributed by atoms with Gasteiger partial charge in [-0.3, -0.25) is 4.79 Å². The molecule has 3 rings (SSSR count). The van der Waals surface area contributed by atoms with Gasteiger partial charge in [0.15, 0.2) is 0 Å². The van der Waals surface area contributed by atoms with Gasteiger partial charge in [-0.15, -0.1) is 0 Å². The predicted molar refractivity (Wildman–Crippen MR) is 63.0 cm³/mol. The van der Waals surface area contributed by atoms with Crippen molar-refractivity contribution < 1.29 is 4.79 Å². The number of carbonyl (C=O) groups excluding carboxylic acids is 1. The van der Waals surface area contributed by atoms with Crippen molar-refractivity contribution in [2.24, 2.45) is 11.3 Å². The molecule has 0 aromatic rings. The summed E-state index contributed by atoms with van der Waals surface area (Å²) in [6.07, 6.45) is 8.96. The molecule has 1 heterocycles. The van der Waals surface area contributed by atoms with Crippen molar-refractivity contribution in [3.8, 4) is 0 Å². The van der Waals surface area contributed by atoms with Gasteiger partial charge in [-0.1, -0.05) is 0 Å². The van der Waals surface area contributed by atoms with E-state index in [0.29, 0.717) is 5.41 Å². The average molecular weight is 222 g/mol. The smallest absolute Gasteiger partial charge is 0.237 e. The van der Waals surface area contributed by atoms with E-state index < -0.39 is 0 Å². The van der Waals surface area contributed by atoms with Crippen LogP contribution in [0.4, 0.5) is 0 Å². The fourth-order valence-corrected chi connectivity index (χ4v) is 3.05. The first kappa shape index (κ1) is 10.6. The Morgan fingerprint density at radius 1 is 1.25 bits per heavy atom. The molecular formula is C13H22N2O. The van der Waals surface area contributed by atoms with E-state index in [0.717, 1.165) is 31.8 Å². The number of amides is 1. The van der Waals surface area contributed by atoms with E-state index in [-0.39, 0.29) is 11.9 Å². The van der Waals surface area contributed by atoms with Crippen LogP contribution in [0.25, 0.3) is 0 Å². The third-order valence-electron chi connectivity index (χ3n) is 4.57. The summed E-state index contributed by atoms with van der Waals surface area (Å²) >= 11 is 0. The zero-order valence-corrected chi connectivity index (χ0v) is 9.93. The van der Waals surface area contributed by atoms with Crippen molar-refractivity contribution in [1.82, 2.24) is 10.6 Å². The lowest BCUT2D eigenvalue weighted by Crippen LogP contribution is -2.45. The van der Waals surface area contributed by atoms with Gasteiger partial charge in [0.2, 0.25) is 5.91 Å². The molecule has 1 saturated heterocycles. The molecule has 0 bridgehead atoms. The summed E-state index contributed by atoms with van der Waals surface area (Å²) in [5.41, 5.74) is 0.604. The van der Waals surface area contributed by atoms with Crippen LogP contribution in [0.5, 0.6) is 0 Å². The Morgan fingerprint density at radius 2 is 2.06 bits per heavy atom. The molecule has 3 aliphatic rings. The second kappa shape index (κ2) is 4.02. The van der Waals surface area contributed by atoms with Crippen LogP contribution in [0.15, 0.2) is 0 Å². The maximum Gasteiger partial charge on any atom is 0.237 e. The van der Waals surface area contributed by atoms with Gasteiger partial charge in [0.1, 0.15) is 0 Å². The van der Waals surface area contributed by atoms with Crippen molar-refractivity contribution in [3.63, 3.8) is 0 Å². The Balaban J connectivity index is 1.51. The van der Waals surface area contributed by atoms with Crippen molar-refractivity contribution in [3.05, 3.63) is 0 Å². The molecule has 2 N–H and O–H groups in total. The van der Waals surface area contributed by atoms with E-state index in [1.54, 1.807) is 0 Å². The van der Waals surface area contributed by atoms with E-state index in [1.165, 1.54) is 32.1 Å². The van der Waals surface area contributed by atoms with Crippen LogP contribution >= 0.6 is 0 Å². The summed E-state index contributed by atoms with van der Waals surface area (Å²) in [7, 11) is 0. The van der Waals surface area contributed by atoms with Crippen LogP contribution < -0.4 is 10.6 Å². The highest BCUT2D eigenvalue weighted by atomic mass is 16.2. The molecule has 2 saturated carbocycles. The standard InChI is InChI=1S/C13H22N2O/c16-12-11(3-1-2-8-14-12)15-9-13(6-7-13)10-4-5-10/h10-11,15H,1-9H2,(H,14,16). The van der Waals surface area contributed by atoms with Crippen LogP contribution in [0.2, 0.25) is 0 Å². The number of rotatable bonds is 4. The van der Waals surface area contributed by atoms with Gasteiger partial charge in [0, 0.05) is 13.1 Å². The van der Waals surface area contributed by atoms with E-state index >= 15 is 0 Å². The van der Waals surface area contributed by atoms with Crippen LogP contribution in [-0.4, -0.2) is 25.0 Å². The zero-order valence-electron chi connectivity index (χ0n) is 9.93. The molecule has 0 aromatic heterocycles. The quantitative estimate of drug-likeness (QED) is 0.755. The highest BCUT2D eigenvalue weighted by Crippen LogP contribution is 2.60. The predicted octanol–water partition coefficient (Wildman–Crippen LogP) is 1.43. The van der Waals surface area contributed by atoms with Gasteiger partial charge in [-0.05, 0) is 56.3 Å². The maximum absolute atomic E-state index is 11.8. The first-order chi connectivity index (χ1) is 7.80. The Bertz CT molecular complexity index is 282. The second-order valence-corrected chi connectivity index (χ2v) is 5.86. The van der Waals surface area contributed by atoms with E-state index in [2.05, 4.69) is 10.6 Å². The highest BCUT2D eigenvalue weighted by molar-refractivity contribution is 5.81. The Hall–Kier alpha value is -0.570. The minimum absolute atomic E-state index is 0.0822. The SMILES string of the molecule is O=C1NCCCCC1NCC1(C2CC2)CC1. The largest absolute Gasteiger partial charge is 0.355 e. The number of nitrogens with one attached hydrogen (secondary N) is 2. The topological polar surface area (TPSA) is 41.1 Å². The molecule has 3 heteroatoms. The molecule has 1 amide bonds. The van der Waals surface area contributed by atoms with E-state index in [1.807, 2.05) is 0 Å². The van der Waals surface area contributed by atoms with Crippen LogP contribution in [0, 0.1) is 11.3 Å². The molecule has 1 aliphatic heterocycles. The molecule has 1 unspecified atom stereocenters. The van der Waals surface area contributed by atoms with E-state index in [9.17, 15) is 4.79 Å². The first-order valence-corrected chi connectivity index (χ1v) is 6.81. The second-order valence-electron chi connectivity index (χ2n) is 5.86. The van der Waals surface area contributed by atoms with Gasteiger partial charge in [-0.2, -0.15) is 0 Å². The molecule has 3 fully saturated rings. The zero-order chi connectivity index (χ0) is 11.0. The highest BCUT2D eigenvalue weighted by Gasteiger charge is 2.53. The summed E-state index contributed by atoms with van der Waals surface area (Å²) < 4.78 is 0. The molecule has 1 atom stereocenters. The average Bonchev–Trinajstić information content (AvgIpc) is 3.14. The van der Waals surface area contributed by atoms with Gasteiger partial charge in [0.25, 0.3) is 0 Å². The molecule has 16 heavy (non-hydrogen) atoms. The minimum Gasteiger partial charge on any atom is -0.355 e. The Kier molecular flexibility index (Phi) is 2.66. The normalized spacial score (nSPS) is 33.0. The third-order valence-corrected chi connectivity index (χ3v) is 4.57. The minimum atomic E-state index is 0.0822. The first-order valence-electron chi connectivity index (χ1n) is 6.81. The summed E-state index contributed by atoms with van der Waals surface area (Å²) in [6, 6.07) is 0.0822. The van der Waals surface area contributed by atoms with Gasteiger partial charge in [-0.25, -0.2) is 0 Å². The maximum atomic E-state index is 11.8. The monoisotopic (exact) mass is 222 g/mol. The fraction of sp³-hybridized carbons (Fsp3) is 0.923. The summed E-state index contributed by atoms with van der Waals surface area (Å²) in [6.45, 7) is 1.94. The van der Waals surface area contributed by atoms with E-state index in [4.69, 9.17) is 0 Å². The number of hydrogen-bond acceptors (Lipinski definition) is 2. The molecule has 3 nitrogen and oxygen atoms in total. The fourth-order valence-electron chi connectivity index (χ4n) is 3.05. The lowest BCUT2D eigenvalue weighted by molar-refractivity contribution is -0.122. The van der Waals surface area contributed by atoms with Crippen molar-refractivity contribution in [2.75, 3.05) is 13.1 Å². The Labute approximate surface area is 97.4 Å². The lowest BCUT2D eigenvalue weighted by Gasteiger charge is -2.20. The molecular weight excluding hydrogens is 200 g/mol. The van der Waals surface area contributed by atoms with Crippen LogP contribution in [0.1, 0.15) is 44.9 Å². The summed E-state index contributed by atoms with van der Waals surface area (Å²) in [4.78, 5) is 11.8. The summed E-state index contributed by atoms with van der Waals surface area (Å²) in [5, 5.41) is 6.52. The number of carbonyl (C=O) groups is 1.